The van der Waals surface area contributed by atoms with Crippen LogP contribution >= 0.6 is 12.4 Å². The van der Waals surface area contributed by atoms with Gasteiger partial charge in [0.05, 0.1) is 13.2 Å². The molecule has 92 valence electrons. The average Bonchev–Trinajstić information content (AvgIpc) is 2.18. The first-order chi connectivity index (χ1) is 6.56. The van der Waals surface area contributed by atoms with E-state index in [9.17, 15) is 8.42 Å². The first-order valence-corrected chi connectivity index (χ1v) is 6.05. The molecule has 0 saturated carbocycles. The lowest BCUT2D eigenvalue weighted by atomic mass is 10.4. The van der Waals surface area contributed by atoms with Crippen molar-refractivity contribution in [3.8, 4) is 0 Å². The number of rotatable bonds is 4. The van der Waals surface area contributed by atoms with E-state index in [0.29, 0.717) is 32.8 Å². The van der Waals surface area contributed by atoms with Crippen LogP contribution in [-0.4, -0.2) is 51.6 Å². The molecule has 1 rings (SSSR count). The van der Waals surface area contributed by atoms with Crippen molar-refractivity contribution in [1.29, 1.82) is 0 Å². The SMILES string of the molecule is C[C@H](CN)NS(=O)(=O)N1CCOCC1.Cl. The molecule has 6 nitrogen and oxygen atoms in total. The van der Waals surface area contributed by atoms with Crippen molar-refractivity contribution in [3.63, 3.8) is 0 Å². The van der Waals surface area contributed by atoms with Crippen molar-refractivity contribution >= 4 is 22.6 Å². The van der Waals surface area contributed by atoms with Crippen LogP contribution in [0.1, 0.15) is 6.92 Å². The average molecular weight is 260 g/mol. The zero-order valence-electron chi connectivity index (χ0n) is 8.68. The van der Waals surface area contributed by atoms with Crippen LogP contribution in [0, 0.1) is 0 Å². The van der Waals surface area contributed by atoms with E-state index in [-0.39, 0.29) is 18.4 Å². The van der Waals surface area contributed by atoms with Crippen LogP contribution in [0.25, 0.3) is 0 Å². The molecule has 15 heavy (non-hydrogen) atoms. The topological polar surface area (TPSA) is 84.7 Å². The molecule has 1 fully saturated rings. The molecule has 3 N–H and O–H groups in total. The molecule has 8 heteroatoms. The largest absolute Gasteiger partial charge is 0.379 e. The maximum atomic E-state index is 11.7. The minimum atomic E-state index is -3.37. The highest BCUT2D eigenvalue weighted by Gasteiger charge is 2.24. The number of nitrogens with one attached hydrogen (secondary N) is 1. The van der Waals surface area contributed by atoms with Gasteiger partial charge in [0.25, 0.3) is 10.2 Å². The molecule has 0 aliphatic carbocycles. The minimum absolute atomic E-state index is 0. The second kappa shape index (κ2) is 6.62. The maximum Gasteiger partial charge on any atom is 0.279 e. The van der Waals surface area contributed by atoms with E-state index in [1.807, 2.05) is 0 Å². The predicted octanol–water partition coefficient (Wildman–Crippen LogP) is -1.08. The molecule has 0 amide bonds. The molecule has 0 spiro atoms. The Hall–Kier alpha value is 0.0800. The third-order valence-electron chi connectivity index (χ3n) is 2.01. The molecular formula is C7H18ClN3O3S. The van der Waals surface area contributed by atoms with Crippen molar-refractivity contribution in [2.45, 2.75) is 13.0 Å². The first kappa shape index (κ1) is 15.1. The van der Waals surface area contributed by atoms with Crippen LogP contribution in [0.3, 0.4) is 0 Å². The summed E-state index contributed by atoms with van der Waals surface area (Å²) in [6.07, 6.45) is 0. The van der Waals surface area contributed by atoms with Gasteiger partial charge in [0.1, 0.15) is 0 Å². The van der Waals surface area contributed by atoms with Crippen LogP contribution < -0.4 is 10.5 Å². The van der Waals surface area contributed by atoms with E-state index >= 15 is 0 Å². The summed E-state index contributed by atoms with van der Waals surface area (Å²) in [6.45, 7) is 3.76. The molecule has 0 aromatic carbocycles. The Bertz CT molecular complexity index is 267. The predicted molar refractivity (Wildman–Crippen MR) is 60.2 cm³/mol. The van der Waals surface area contributed by atoms with Gasteiger partial charge in [-0.05, 0) is 6.92 Å². The number of hydrogen-bond acceptors (Lipinski definition) is 4. The van der Waals surface area contributed by atoms with Crippen molar-refractivity contribution < 1.29 is 13.2 Å². The molecule has 0 unspecified atom stereocenters. The highest BCUT2D eigenvalue weighted by molar-refractivity contribution is 7.87. The highest BCUT2D eigenvalue weighted by Crippen LogP contribution is 2.03. The summed E-state index contributed by atoms with van der Waals surface area (Å²) in [5.41, 5.74) is 5.34. The van der Waals surface area contributed by atoms with Crippen molar-refractivity contribution in [2.75, 3.05) is 32.8 Å². The Morgan fingerprint density at radius 3 is 2.47 bits per heavy atom. The van der Waals surface area contributed by atoms with Gasteiger partial charge < -0.3 is 10.5 Å². The van der Waals surface area contributed by atoms with Gasteiger partial charge in [0.15, 0.2) is 0 Å². The van der Waals surface area contributed by atoms with Gasteiger partial charge in [-0.3, -0.25) is 0 Å². The summed E-state index contributed by atoms with van der Waals surface area (Å²) < 4.78 is 32.3. The molecule has 0 radical (unpaired) electrons. The van der Waals surface area contributed by atoms with E-state index < -0.39 is 10.2 Å². The van der Waals surface area contributed by atoms with Gasteiger partial charge in [0, 0.05) is 25.7 Å². The summed E-state index contributed by atoms with van der Waals surface area (Å²) >= 11 is 0. The standard InChI is InChI=1S/C7H17N3O3S.ClH/c1-7(6-8)9-14(11,12)10-2-4-13-5-3-10;/h7,9H,2-6,8H2,1H3;1H/t7-;/m1./s1. The molecule has 0 bridgehead atoms. The Balaban J connectivity index is 0.00000196. The van der Waals surface area contributed by atoms with E-state index in [1.54, 1.807) is 6.92 Å². The number of nitrogens with zero attached hydrogens (tertiary/aromatic N) is 1. The molecule has 1 aliphatic rings. The van der Waals surface area contributed by atoms with E-state index in [1.165, 1.54) is 4.31 Å². The fraction of sp³-hybridized carbons (Fsp3) is 1.00. The van der Waals surface area contributed by atoms with E-state index in [2.05, 4.69) is 4.72 Å². The van der Waals surface area contributed by atoms with Gasteiger partial charge in [-0.15, -0.1) is 12.4 Å². The van der Waals surface area contributed by atoms with Gasteiger partial charge in [-0.1, -0.05) is 0 Å². The van der Waals surface area contributed by atoms with Crippen molar-refractivity contribution in [1.82, 2.24) is 9.03 Å². The third kappa shape index (κ3) is 4.62. The number of hydrogen-bond donors (Lipinski definition) is 2. The Morgan fingerprint density at radius 2 is 2.00 bits per heavy atom. The maximum absolute atomic E-state index is 11.7. The second-order valence-electron chi connectivity index (χ2n) is 3.27. The van der Waals surface area contributed by atoms with E-state index in [0.717, 1.165) is 0 Å². The van der Waals surface area contributed by atoms with Crippen LogP contribution in [0.4, 0.5) is 0 Å². The smallest absolute Gasteiger partial charge is 0.279 e. The summed E-state index contributed by atoms with van der Waals surface area (Å²) in [5, 5.41) is 0. The Labute approximate surface area is 96.7 Å². The lowest BCUT2D eigenvalue weighted by molar-refractivity contribution is 0.0723. The molecule has 0 aromatic heterocycles. The fourth-order valence-corrected chi connectivity index (χ4v) is 2.55. The quantitative estimate of drug-likeness (QED) is 0.673. The zero-order chi connectivity index (χ0) is 10.6. The lowest BCUT2D eigenvalue weighted by Gasteiger charge is -2.27. The van der Waals surface area contributed by atoms with Crippen LogP contribution in [0.2, 0.25) is 0 Å². The monoisotopic (exact) mass is 259 g/mol. The number of ether oxygens (including phenoxy) is 1. The van der Waals surface area contributed by atoms with Crippen LogP contribution in [0.15, 0.2) is 0 Å². The summed E-state index contributed by atoms with van der Waals surface area (Å²) in [7, 11) is -3.37. The number of nitrogens with two attached hydrogens (primary N) is 1. The number of halogens is 1. The first-order valence-electron chi connectivity index (χ1n) is 4.61. The Kier molecular flexibility index (Phi) is 6.65. The van der Waals surface area contributed by atoms with Gasteiger partial charge in [0.2, 0.25) is 0 Å². The van der Waals surface area contributed by atoms with Gasteiger partial charge in [-0.2, -0.15) is 17.4 Å². The summed E-state index contributed by atoms with van der Waals surface area (Å²) in [5.74, 6) is 0. The van der Waals surface area contributed by atoms with E-state index in [4.69, 9.17) is 10.5 Å². The fourth-order valence-electron chi connectivity index (χ4n) is 1.16. The van der Waals surface area contributed by atoms with Crippen LogP contribution in [0.5, 0.6) is 0 Å². The molecule has 1 saturated heterocycles. The third-order valence-corrected chi connectivity index (χ3v) is 3.76. The van der Waals surface area contributed by atoms with Crippen molar-refractivity contribution in [2.24, 2.45) is 5.73 Å². The molecule has 1 atom stereocenters. The zero-order valence-corrected chi connectivity index (χ0v) is 10.3. The van der Waals surface area contributed by atoms with Gasteiger partial charge in [-0.25, -0.2) is 0 Å². The van der Waals surface area contributed by atoms with Crippen LogP contribution in [-0.2, 0) is 14.9 Å². The number of morpholine rings is 1. The Morgan fingerprint density at radius 1 is 1.47 bits per heavy atom. The lowest BCUT2D eigenvalue weighted by Crippen LogP contribution is -2.50. The summed E-state index contributed by atoms with van der Waals surface area (Å²) in [4.78, 5) is 0. The minimum Gasteiger partial charge on any atom is -0.379 e. The molecule has 1 heterocycles. The highest BCUT2D eigenvalue weighted by atomic mass is 35.5. The normalized spacial score (nSPS) is 20.7. The second-order valence-corrected chi connectivity index (χ2v) is 4.97. The summed E-state index contributed by atoms with van der Waals surface area (Å²) in [6, 6.07) is -0.233. The molecule has 0 aromatic rings. The van der Waals surface area contributed by atoms with Gasteiger partial charge >= 0.3 is 0 Å². The molecule has 1 aliphatic heterocycles. The molecular weight excluding hydrogens is 242 g/mol. The van der Waals surface area contributed by atoms with Crippen molar-refractivity contribution in [3.05, 3.63) is 0 Å².